The van der Waals surface area contributed by atoms with Crippen molar-refractivity contribution in [3.05, 3.63) is 58.6 Å². The predicted molar refractivity (Wildman–Crippen MR) is 147 cm³/mol. The maximum atomic E-state index is 12.9. The molecule has 14 heteroatoms. The van der Waals surface area contributed by atoms with Crippen molar-refractivity contribution in [3.63, 3.8) is 0 Å². The Morgan fingerprint density at radius 3 is 2.27 bits per heavy atom. The minimum atomic E-state index is -0.665. The summed E-state index contributed by atoms with van der Waals surface area (Å²) >= 11 is 0. The van der Waals surface area contributed by atoms with Gasteiger partial charge in [0.2, 0.25) is 0 Å². The monoisotopic (exact) mass is 547 g/mol. The van der Waals surface area contributed by atoms with E-state index in [0.29, 0.717) is 65.0 Å². The molecule has 0 bridgehead atoms. The van der Waals surface area contributed by atoms with Gasteiger partial charge in [0.05, 0.1) is 10.0 Å². The van der Waals surface area contributed by atoms with Crippen molar-refractivity contribution in [3.8, 4) is 6.19 Å². The van der Waals surface area contributed by atoms with Gasteiger partial charge in [-0.3, -0.25) is 0 Å². The van der Waals surface area contributed by atoms with Crippen molar-refractivity contribution in [2.45, 2.75) is 39.2 Å². The van der Waals surface area contributed by atoms with Crippen LogP contribution in [0.4, 0.5) is 16.7 Å². The highest BCUT2D eigenvalue weighted by Gasteiger charge is 2.22. The molecular weight excluding hydrogens is 516 g/mol. The van der Waals surface area contributed by atoms with Gasteiger partial charge in [-0.15, -0.1) is 0 Å². The summed E-state index contributed by atoms with van der Waals surface area (Å²) in [6.45, 7) is 6.89. The maximum Gasteiger partial charge on any atom is 0.410 e. The summed E-state index contributed by atoms with van der Waals surface area (Å²) in [6.07, 6.45) is 2.41. The van der Waals surface area contributed by atoms with Gasteiger partial charge < -0.3 is 25.5 Å². The van der Waals surface area contributed by atoms with Crippen molar-refractivity contribution >= 4 is 40.1 Å². The van der Waals surface area contributed by atoms with Crippen LogP contribution in [0.5, 0.6) is 0 Å². The number of para-hydroxylation sites is 4. The largest absolute Gasteiger partial charge is 0.594 e. The standard InChI is InChI=1S/C26H31N10O4/c1-26(2,3)40-25(37)33(16-8-14-28-23-30-19-10-4-6-12-21(19)35(38)32-23)17-9-15-29-24-31-20-11-5-7-13-22(20)36(39)34(24)18-27/h4-7,10-13H,8-9,14-17H2,1-3H3,(H,29,31)(H,28,30,32)/q+1. The molecule has 2 N–H and O–H groups in total. The zero-order valence-electron chi connectivity index (χ0n) is 22.6. The van der Waals surface area contributed by atoms with Crippen LogP contribution >= 0.6 is 0 Å². The highest BCUT2D eigenvalue weighted by molar-refractivity contribution is 5.72. The average Bonchev–Trinajstić information content (AvgIpc) is 2.91. The van der Waals surface area contributed by atoms with Crippen LogP contribution in [-0.4, -0.2) is 62.5 Å². The Morgan fingerprint density at radius 2 is 1.62 bits per heavy atom. The number of carbonyl (C=O) groups excluding carboxylic acids is 1. The molecule has 0 unspecified atom stereocenters. The molecule has 0 fully saturated rings. The molecule has 0 saturated carbocycles. The fourth-order valence-electron chi connectivity index (χ4n) is 3.91. The SMILES string of the molecule is CC(C)(C)OC(=O)N(CCCNc1nc2ccccc2[n+]([O-])n1)CCCNc1nc2ccccc2[n+](=O)n1C#N. The first-order chi connectivity index (χ1) is 19.2. The van der Waals surface area contributed by atoms with Crippen LogP contribution in [0, 0.1) is 21.6 Å². The molecule has 0 aliphatic heterocycles. The fraction of sp³-hybridized carbons (Fsp3) is 0.385. The molecule has 4 rings (SSSR count). The zero-order chi connectivity index (χ0) is 28.7. The lowest BCUT2D eigenvalue weighted by atomic mass is 10.2. The summed E-state index contributed by atoms with van der Waals surface area (Å²) in [5, 5.41) is 31.6. The third kappa shape index (κ3) is 6.87. The molecule has 2 heterocycles. The van der Waals surface area contributed by atoms with E-state index in [1.165, 1.54) is 0 Å². The van der Waals surface area contributed by atoms with Crippen LogP contribution in [0.15, 0.2) is 48.5 Å². The molecule has 0 atom stereocenters. The van der Waals surface area contributed by atoms with Crippen LogP contribution in [0.3, 0.4) is 0 Å². The molecule has 1 amide bonds. The molecule has 4 aromatic rings. The normalized spacial score (nSPS) is 11.2. The number of nitrogens with one attached hydrogen (secondary N) is 2. The lowest BCUT2D eigenvalue weighted by molar-refractivity contribution is -0.641. The van der Waals surface area contributed by atoms with Crippen LogP contribution in [0.2, 0.25) is 0 Å². The van der Waals surface area contributed by atoms with Crippen LogP contribution < -0.4 is 20.0 Å². The van der Waals surface area contributed by atoms with Gasteiger partial charge in [0, 0.05) is 43.0 Å². The summed E-state index contributed by atoms with van der Waals surface area (Å²) in [7, 11) is 0. The average molecular weight is 548 g/mol. The lowest BCUT2D eigenvalue weighted by Gasteiger charge is -2.27. The van der Waals surface area contributed by atoms with Gasteiger partial charge in [-0.1, -0.05) is 24.3 Å². The number of rotatable bonds is 10. The Balaban J connectivity index is 1.35. The Hall–Kier alpha value is -5.06. The number of nitrogens with zero attached hydrogens (tertiary/aromatic N) is 8. The Kier molecular flexibility index (Phi) is 8.53. The molecule has 0 aliphatic rings. The van der Waals surface area contributed by atoms with Crippen LogP contribution in [-0.2, 0) is 4.74 Å². The quantitative estimate of drug-likeness (QED) is 0.171. The summed E-state index contributed by atoms with van der Waals surface area (Å²) < 4.78 is 6.89. The first kappa shape index (κ1) is 28.0. The number of fused-ring (bicyclic) bond motifs is 2. The molecule has 208 valence electrons. The first-order valence-corrected chi connectivity index (χ1v) is 12.8. The number of anilines is 2. The van der Waals surface area contributed by atoms with Gasteiger partial charge in [0.15, 0.2) is 4.54 Å². The van der Waals surface area contributed by atoms with Crippen molar-refractivity contribution in [2.75, 3.05) is 36.8 Å². The third-order valence-electron chi connectivity index (χ3n) is 5.72. The molecule has 2 aromatic heterocycles. The molecule has 0 spiro atoms. The van der Waals surface area contributed by atoms with Gasteiger partial charge in [-0.2, -0.15) is 5.26 Å². The van der Waals surface area contributed by atoms with E-state index in [9.17, 15) is 20.2 Å². The first-order valence-electron chi connectivity index (χ1n) is 12.8. The molecule has 0 radical (unpaired) electrons. The number of nitriles is 1. The van der Waals surface area contributed by atoms with E-state index in [1.807, 2.05) is 6.19 Å². The van der Waals surface area contributed by atoms with Crippen molar-refractivity contribution in [1.29, 1.82) is 5.26 Å². The van der Waals surface area contributed by atoms with Crippen molar-refractivity contribution in [2.24, 2.45) is 0 Å². The molecule has 0 saturated heterocycles. The van der Waals surface area contributed by atoms with Gasteiger partial charge in [0.25, 0.3) is 23.6 Å². The molecule has 40 heavy (non-hydrogen) atoms. The van der Waals surface area contributed by atoms with E-state index in [4.69, 9.17) is 4.74 Å². The third-order valence-corrected chi connectivity index (χ3v) is 5.72. The number of hydrogen-bond donors (Lipinski definition) is 2. The minimum absolute atomic E-state index is 0.107. The number of hydrogen-bond acceptors (Lipinski definition) is 10. The lowest BCUT2D eigenvalue weighted by Crippen LogP contribution is -2.39. The van der Waals surface area contributed by atoms with E-state index >= 15 is 0 Å². The number of carbonyl (C=O) groups is 1. The summed E-state index contributed by atoms with van der Waals surface area (Å²) in [5.74, 6) is 0.307. The predicted octanol–water partition coefficient (Wildman–Crippen LogP) is 2.40. The summed E-state index contributed by atoms with van der Waals surface area (Å²) in [5.41, 5.74) is 0.966. The molecule has 2 aromatic carbocycles. The second-order valence-electron chi connectivity index (χ2n) is 9.93. The van der Waals surface area contributed by atoms with Crippen molar-refractivity contribution in [1.82, 2.24) is 24.6 Å². The fourth-order valence-corrected chi connectivity index (χ4v) is 3.91. The number of amides is 1. The van der Waals surface area contributed by atoms with Gasteiger partial charge in [-0.25, -0.2) is 14.8 Å². The second kappa shape index (κ2) is 12.2. The number of ether oxygens (including phenoxy) is 1. The Bertz CT molecular complexity index is 1610. The maximum absolute atomic E-state index is 12.9. The van der Waals surface area contributed by atoms with E-state index in [0.717, 1.165) is 4.68 Å². The van der Waals surface area contributed by atoms with E-state index in [2.05, 4.69) is 25.7 Å². The Morgan fingerprint density at radius 1 is 1.02 bits per heavy atom. The van der Waals surface area contributed by atoms with Crippen LogP contribution in [0.1, 0.15) is 33.6 Å². The minimum Gasteiger partial charge on any atom is -0.594 e. The van der Waals surface area contributed by atoms with Gasteiger partial charge >= 0.3 is 11.6 Å². The highest BCUT2D eigenvalue weighted by atomic mass is 16.6. The topological polar surface area (TPSA) is 171 Å². The smallest absolute Gasteiger partial charge is 0.410 e. The zero-order valence-corrected chi connectivity index (χ0v) is 22.6. The second-order valence-corrected chi connectivity index (χ2v) is 9.93. The van der Waals surface area contributed by atoms with Gasteiger partial charge in [-0.05, 0) is 50.6 Å². The molecular formula is C26H31N10O4+. The molecule has 0 aliphatic carbocycles. The van der Waals surface area contributed by atoms with Gasteiger partial charge in [0.1, 0.15) is 16.6 Å². The van der Waals surface area contributed by atoms with Crippen LogP contribution in [0.25, 0.3) is 22.1 Å². The van der Waals surface area contributed by atoms with E-state index < -0.39 is 11.7 Å². The highest BCUT2D eigenvalue weighted by Crippen LogP contribution is 2.13. The summed E-state index contributed by atoms with van der Waals surface area (Å²) in [6, 6.07) is 13.6. The van der Waals surface area contributed by atoms with E-state index in [1.54, 1.807) is 74.2 Å². The number of benzene rings is 2. The Labute approximate surface area is 230 Å². The number of aromatic nitrogens is 6. The van der Waals surface area contributed by atoms with Crippen molar-refractivity contribution < 1.29 is 18.9 Å². The van der Waals surface area contributed by atoms with E-state index in [-0.39, 0.29) is 17.4 Å². The molecule has 14 nitrogen and oxygen atoms in total. The summed E-state index contributed by atoms with van der Waals surface area (Å²) in [4.78, 5) is 36.3.